The molecule has 2 aromatic rings. The predicted molar refractivity (Wildman–Crippen MR) is 187 cm³/mol. The zero-order valence-electron chi connectivity index (χ0n) is 28.4. The molecule has 2 aromatic carbocycles. The molecule has 258 valence electrons. The zero-order chi connectivity index (χ0) is 33.6. The number of nitrogens with zero attached hydrogens (tertiary/aromatic N) is 1. The lowest BCUT2D eigenvalue weighted by Crippen LogP contribution is -2.42. The highest BCUT2D eigenvalue weighted by Crippen LogP contribution is 2.44. The Morgan fingerprint density at radius 3 is 2.62 bits per heavy atom. The van der Waals surface area contributed by atoms with Gasteiger partial charge in [0.15, 0.2) is 34.7 Å². The number of nitrogens with one attached hydrogen (secondary N) is 2. The van der Waals surface area contributed by atoms with Crippen LogP contribution >= 0.6 is 0 Å². The van der Waals surface area contributed by atoms with Crippen LogP contribution in [-0.4, -0.2) is 68.0 Å². The maximum Gasteiger partial charge on any atom is 0.192 e. The molecule has 6 N–H and O–H groups in total. The highest BCUT2D eigenvalue weighted by Gasteiger charge is 2.41. The molecule has 10 heteroatoms. The summed E-state index contributed by atoms with van der Waals surface area (Å²) in [4.78, 5) is 16.5. The van der Waals surface area contributed by atoms with E-state index in [0.717, 1.165) is 43.4 Å². The Kier molecular flexibility index (Phi) is 13.8. The van der Waals surface area contributed by atoms with Gasteiger partial charge in [0.25, 0.3) is 0 Å². The number of hydrogen-bond donors (Lipinski definition) is 5. The number of rotatable bonds is 17. The molecule has 47 heavy (non-hydrogen) atoms. The molecule has 2 saturated carbocycles. The number of methoxy groups -OCH3 is 1. The van der Waals surface area contributed by atoms with Gasteiger partial charge in [0.05, 0.1) is 18.9 Å². The number of hydrogen-bond acceptors (Lipinski definition) is 8. The van der Waals surface area contributed by atoms with Crippen molar-refractivity contribution in [3.8, 4) is 23.0 Å². The van der Waals surface area contributed by atoms with Gasteiger partial charge in [-0.2, -0.15) is 0 Å². The molecule has 0 heterocycles. The molecule has 10 nitrogen and oxygen atoms in total. The number of allylic oxidation sites excluding steroid dienone is 2. The van der Waals surface area contributed by atoms with Crippen LogP contribution in [0.4, 0.5) is 5.69 Å². The second-order valence-corrected chi connectivity index (χ2v) is 13.0. The number of aromatic hydroxyl groups is 2. The Labute approximate surface area is 279 Å². The predicted octanol–water partition coefficient (Wildman–Crippen LogP) is 6.03. The number of guanidine groups is 1. The first-order chi connectivity index (χ1) is 22.7. The highest BCUT2D eigenvalue weighted by molar-refractivity contribution is 5.94. The van der Waals surface area contributed by atoms with Gasteiger partial charge in [-0.25, -0.2) is 0 Å². The Morgan fingerprint density at radius 1 is 1.09 bits per heavy atom. The van der Waals surface area contributed by atoms with Gasteiger partial charge in [0.2, 0.25) is 0 Å². The molecule has 0 saturated heterocycles. The number of anilines is 1. The lowest BCUT2D eigenvalue weighted by molar-refractivity contribution is -0.114. The number of carbonyl (C=O) groups excluding carboxylic acids is 1. The van der Waals surface area contributed by atoms with E-state index >= 15 is 0 Å². The van der Waals surface area contributed by atoms with Gasteiger partial charge >= 0.3 is 0 Å². The molecule has 2 aliphatic carbocycles. The van der Waals surface area contributed by atoms with Crippen molar-refractivity contribution in [2.75, 3.05) is 39.7 Å². The maximum atomic E-state index is 12.5. The number of ketones is 1. The Hall–Kier alpha value is -3.76. The molecule has 0 aliphatic heterocycles. The van der Waals surface area contributed by atoms with Gasteiger partial charge in [-0.1, -0.05) is 31.4 Å². The second kappa shape index (κ2) is 18.0. The summed E-state index contributed by atoms with van der Waals surface area (Å²) in [6.45, 7) is 1.46. The number of aliphatic imine (C=N–C) groups is 1. The average Bonchev–Trinajstić information content (AvgIpc) is 3.47. The summed E-state index contributed by atoms with van der Waals surface area (Å²) in [6, 6.07) is 8.85. The number of carbonyl (C=O) groups is 1. The molecule has 0 spiro atoms. The quantitative estimate of drug-likeness (QED) is 0.0599. The fourth-order valence-corrected chi connectivity index (χ4v) is 6.79. The second-order valence-electron chi connectivity index (χ2n) is 13.0. The third-order valence-corrected chi connectivity index (χ3v) is 9.37. The van der Waals surface area contributed by atoms with E-state index in [4.69, 9.17) is 19.9 Å². The largest absolute Gasteiger partial charge is 0.504 e. The molecular formula is C37H54N4O6. The SMILES string of the molecule is CN=C(N)Nc1cc(CC/C=C/C(=O)CCc2ccc(O)c(OC)c2)cc(O[C@]2(CNC)CC[C@@H](CCOC3CCCCC3)C2)c1O. The van der Waals surface area contributed by atoms with Crippen LogP contribution in [0, 0.1) is 5.92 Å². The van der Waals surface area contributed by atoms with Crippen molar-refractivity contribution in [3.05, 3.63) is 53.6 Å². The summed E-state index contributed by atoms with van der Waals surface area (Å²) in [6.07, 6.45) is 16.1. The average molecular weight is 651 g/mol. The Bertz CT molecular complexity index is 1370. The van der Waals surface area contributed by atoms with Gasteiger partial charge in [-0.05, 0) is 112 Å². The first kappa shape index (κ1) is 36.1. The maximum absolute atomic E-state index is 12.5. The number of benzene rings is 2. The number of ether oxygens (including phenoxy) is 3. The molecule has 0 radical (unpaired) electrons. The third-order valence-electron chi connectivity index (χ3n) is 9.37. The van der Waals surface area contributed by atoms with Crippen molar-refractivity contribution in [3.63, 3.8) is 0 Å². The number of phenols is 2. The van der Waals surface area contributed by atoms with Crippen molar-refractivity contribution in [2.45, 2.75) is 95.2 Å². The zero-order valence-corrected chi connectivity index (χ0v) is 28.4. The molecule has 2 aliphatic rings. The van der Waals surface area contributed by atoms with E-state index in [-0.39, 0.29) is 23.2 Å². The highest BCUT2D eigenvalue weighted by atomic mass is 16.5. The molecule has 0 unspecified atom stereocenters. The fraction of sp³-hybridized carbons (Fsp3) is 0.568. The van der Waals surface area contributed by atoms with Gasteiger partial charge in [-0.3, -0.25) is 9.79 Å². The molecule has 0 amide bonds. The first-order valence-corrected chi connectivity index (χ1v) is 17.1. The van der Waals surface area contributed by atoms with Crippen LogP contribution in [0.2, 0.25) is 0 Å². The fourth-order valence-electron chi connectivity index (χ4n) is 6.79. The van der Waals surface area contributed by atoms with Gasteiger partial charge in [0.1, 0.15) is 5.60 Å². The van der Waals surface area contributed by atoms with E-state index in [1.807, 2.05) is 25.3 Å². The van der Waals surface area contributed by atoms with Crippen LogP contribution in [0.3, 0.4) is 0 Å². The lowest BCUT2D eigenvalue weighted by Gasteiger charge is -2.32. The van der Waals surface area contributed by atoms with Crippen molar-refractivity contribution in [1.82, 2.24) is 5.32 Å². The topological polar surface area (TPSA) is 148 Å². The number of phenolic OH excluding ortho intramolecular Hbond substituents is 2. The lowest BCUT2D eigenvalue weighted by atomic mass is 9.96. The molecule has 2 fully saturated rings. The van der Waals surface area contributed by atoms with Crippen molar-refractivity contribution in [1.29, 1.82) is 0 Å². The van der Waals surface area contributed by atoms with Gasteiger partial charge in [0, 0.05) is 26.6 Å². The molecule has 0 aromatic heterocycles. The summed E-state index contributed by atoms with van der Waals surface area (Å²) in [5, 5.41) is 27.4. The number of nitrogens with two attached hydrogens (primary N) is 1. The standard InChI is InChI=1S/C37H54N4O6/c1-39-25-37(19-17-27(24-37)18-20-46-30-11-5-4-6-12-30)47-34-23-28(21-31(35(34)44)41-36(38)40-2)9-7-8-10-29(42)15-13-26-14-16-32(43)33(22-26)45-3/h8,10,14,16,21-23,27,30,39,43-44H,4-7,9,11-13,15,17-20,24-25H2,1-3H3,(H3,38,40,41)/b10-8+/t27-,37+/m0/s1. The minimum atomic E-state index is -0.449. The van der Waals surface area contributed by atoms with Crippen LogP contribution in [-0.2, 0) is 22.4 Å². The summed E-state index contributed by atoms with van der Waals surface area (Å²) < 4.78 is 18.1. The normalized spacial score (nSPS) is 20.5. The molecule has 4 rings (SSSR count). The summed E-state index contributed by atoms with van der Waals surface area (Å²) >= 11 is 0. The van der Waals surface area contributed by atoms with Gasteiger partial charge < -0.3 is 40.8 Å². The van der Waals surface area contributed by atoms with E-state index in [1.54, 1.807) is 31.3 Å². The first-order valence-electron chi connectivity index (χ1n) is 17.1. The summed E-state index contributed by atoms with van der Waals surface area (Å²) in [5.74, 6) is 1.58. The minimum Gasteiger partial charge on any atom is -0.504 e. The van der Waals surface area contributed by atoms with Crippen LogP contribution in [0.25, 0.3) is 0 Å². The number of likely N-dealkylation sites (N-methyl/N-ethyl adjacent to an activating group) is 1. The van der Waals surface area contributed by atoms with E-state index in [1.165, 1.54) is 39.2 Å². The summed E-state index contributed by atoms with van der Waals surface area (Å²) in [5.41, 5.74) is 7.82. The monoisotopic (exact) mass is 650 g/mol. The van der Waals surface area contributed by atoms with Crippen molar-refractivity contribution >= 4 is 17.4 Å². The van der Waals surface area contributed by atoms with E-state index in [2.05, 4.69) is 15.6 Å². The van der Waals surface area contributed by atoms with Crippen LogP contribution in [0.5, 0.6) is 23.0 Å². The molecule has 2 atom stereocenters. The van der Waals surface area contributed by atoms with Gasteiger partial charge in [-0.15, -0.1) is 0 Å². The Balaban J connectivity index is 1.38. The van der Waals surface area contributed by atoms with E-state index in [0.29, 0.717) is 61.4 Å². The molecule has 0 bridgehead atoms. The van der Waals surface area contributed by atoms with Crippen molar-refractivity contribution in [2.24, 2.45) is 16.6 Å². The molecular weight excluding hydrogens is 596 g/mol. The van der Waals surface area contributed by atoms with E-state index < -0.39 is 5.60 Å². The third kappa shape index (κ3) is 10.9. The van der Waals surface area contributed by atoms with Crippen LogP contribution < -0.4 is 25.8 Å². The number of aryl methyl sites for hydroxylation is 2. The Morgan fingerprint density at radius 2 is 1.87 bits per heavy atom. The minimum absolute atomic E-state index is 0.00325. The van der Waals surface area contributed by atoms with Crippen molar-refractivity contribution < 1.29 is 29.2 Å². The van der Waals surface area contributed by atoms with E-state index in [9.17, 15) is 15.0 Å². The smallest absolute Gasteiger partial charge is 0.192 e. The summed E-state index contributed by atoms with van der Waals surface area (Å²) in [7, 11) is 5.02. The van der Waals surface area contributed by atoms with Crippen LogP contribution in [0.1, 0.15) is 81.8 Å². The van der Waals surface area contributed by atoms with Crippen LogP contribution in [0.15, 0.2) is 47.5 Å².